The van der Waals surface area contributed by atoms with Crippen molar-refractivity contribution in [2.24, 2.45) is 0 Å². The van der Waals surface area contributed by atoms with Crippen LogP contribution in [0.15, 0.2) is 83.8 Å². The molecule has 2 heterocycles. The van der Waals surface area contributed by atoms with Gasteiger partial charge in [-0.1, -0.05) is 30.9 Å². The van der Waals surface area contributed by atoms with Gasteiger partial charge < -0.3 is 9.47 Å². The lowest BCUT2D eigenvalue weighted by molar-refractivity contribution is -0.125. The van der Waals surface area contributed by atoms with Gasteiger partial charge in [0, 0.05) is 24.5 Å². The van der Waals surface area contributed by atoms with E-state index in [0.717, 1.165) is 31.5 Å². The van der Waals surface area contributed by atoms with Crippen LogP contribution in [-0.2, 0) is 0 Å². The number of pyridine rings is 1. The predicted molar refractivity (Wildman–Crippen MR) is 127 cm³/mol. The molecule has 182 valence electrons. The van der Waals surface area contributed by atoms with Crippen molar-refractivity contribution in [3.63, 3.8) is 0 Å². The van der Waals surface area contributed by atoms with Gasteiger partial charge in [-0.3, -0.25) is 14.3 Å². The largest absolute Gasteiger partial charge is 0.492 e. The molecule has 34 heavy (non-hydrogen) atoms. The smallest absolute Gasteiger partial charge is 0.392 e. The average Bonchev–Trinajstić information content (AvgIpc) is 3.31. The first-order valence-corrected chi connectivity index (χ1v) is 11.2. The standard InChI is InChI=1S/C26H29F3N2O3/c1-2-6-21(7-5-13-26(27,28)29)20-34-24-12-16-31(25(32)19-24)22-8-10-23(11-9-22)33-18-17-30-14-3-4-15-30/h2,5-12,16,19H,1,3-4,13-15,17-18,20H2/b7-5-,21-6+. The molecule has 0 N–H and O–H groups in total. The molecular weight excluding hydrogens is 445 g/mol. The van der Waals surface area contributed by atoms with E-state index in [1.165, 1.54) is 35.6 Å². The molecule has 5 nitrogen and oxygen atoms in total. The Hall–Kier alpha value is -3.26. The van der Waals surface area contributed by atoms with Crippen LogP contribution in [0.5, 0.6) is 11.5 Å². The summed E-state index contributed by atoms with van der Waals surface area (Å²) in [5, 5.41) is 0. The van der Waals surface area contributed by atoms with E-state index in [2.05, 4.69) is 11.5 Å². The quantitative estimate of drug-likeness (QED) is 0.414. The summed E-state index contributed by atoms with van der Waals surface area (Å²) in [4.78, 5) is 15.0. The second kappa shape index (κ2) is 12.3. The van der Waals surface area contributed by atoms with Crippen molar-refractivity contribution in [1.29, 1.82) is 0 Å². The van der Waals surface area contributed by atoms with Crippen LogP contribution in [0.1, 0.15) is 19.3 Å². The fourth-order valence-electron chi connectivity index (χ4n) is 3.58. The number of aromatic nitrogens is 1. The summed E-state index contributed by atoms with van der Waals surface area (Å²) in [6.45, 7) is 7.36. The fourth-order valence-corrected chi connectivity index (χ4v) is 3.58. The van der Waals surface area contributed by atoms with Crippen LogP contribution >= 0.6 is 0 Å². The highest BCUT2D eigenvalue weighted by molar-refractivity contribution is 5.38. The molecule has 1 aromatic heterocycles. The molecule has 0 bridgehead atoms. The van der Waals surface area contributed by atoms with Gasteiger partial charge in [0.05, 0.1) is 6.42 Å². The second-order valence-corrected chi connectivity index (χ2v) is 7.95. The highest BCUT2D eigenvalue weighted by Crippen LogP contribution is 2.20. The minimum atomic E-state index is -4.26. The summed E-state index contributed by atoms with van der Waals surface area (Å²) in [5.41, 5.74) is 0.900. The minimum absolute atomic E-state index is 0.00724. The molecule has 0 unspecified atom stereocenters. The fraction of sp³-hybridized carbons (Fsp3) is 0.346. The normalized spacial score (nSPS) is 15.1. The topological polar surface area (TPSA) is 43.7 Å². The van der Waals surface area contributed by atoms with Crippen molar-refractivity contribution in [3.8, 4) is 17.2 Å². The van der Waals surface area contributed by atoms with Gasteiger partial charge in [0.1, 0.15) is 24.7 Å². The van der Waals surface area contributed by atoms with Gasteiger partial charge in [0.15, 0.2) is 0 Å². The Morgan fingerprint density at radius 2 is 1.79 bits per heavy atom. The SMILES string of the molecule is C=C/C=C(\C=C/CC(F)(F)F)COc1ccn(-c2ccc(OCCN3CCCC3)cc2)c(=O)c1. The van der Waals surface area contributed by atoms with E-state index in [0.29, 0.717) is 23.6 Å². The lowest BCUT2D eigenvalue weighted by atomic mass is 10.2. The van der Waals surface area contributed by atoms with E-state index in [-0.39, 0.29) is 12.2 Å². The maximum atomic E-state index is 12.6. The van der Waals surface area contributed by atoms with Crippen molar-refractivity contribution in [1.82, 2.24) is 9.47 Å². The molecule has 3 rings (SSSR count). The van der Waals surface area contributed by atoms with Crippen molar-refractivity contribution in [3.05, 3.63) is 89.4 Å². The molecule has 0 amide bonds. The van der Waals surface area contributed by atoms with Crippen LogP contribution in [0.2, 0.25) is 0 Å². The average molecular weight is 475 g/mol. The van der Waals surface area contributed by atoms with Gasteiger partial charge in [0.25, 0.3) is 5.56 Å². The molecule has 0 radical (unpaired) electrons. The summed E-state index contributed by atoms with van der Waals surface area (Å²) >= 11 is 0. The molecule has 0 spiro atoms. The Balaban J connectivity index is 1.56. The van der Waals surface area contributed by atoms with Crippen LogP contribution in [0, 0.1) is 0 Å². The number of halogens is 3. The minimum Gasteiger partial charge on any atom is -0.492 e. The van der Waals surface area contributed by atoms with E-state index >= 15 is 0 Å². The Kier molecular flexibility index (Phi) is 9.16. The lowest BCUT2D eigenvalue weighted by Crippen LogP contribution is -2.25. The summed E-state index contributed by atoms with van der Waals surface area (Å²) in [6, 6.07) is 10.2. The zero-order valence-corrected chi connectivity index (χ0v) is 19.0. The molecule has 8 heteroatoms. The number of nitrogens with zero attached hydrogens (tertiary/aromatic N) is 2. The first-order valence-electron chi connectivity index (χ1n) is 11.2. The molecule has 2 aromatic rings. The number of hydrogen-bond acceptors (Lipinski definition) is 4. The Bertz CT molecular complexity index is 1050. The third kappa shape index (κ3) is 8.26. The molecule has 1 aliphatic rings. The first kappa shape index (κ1) is 25.4. The van der Waals surface area contributed by atoms with Crippen molar-refractivity contribution in [2.45, 2.75) is 25.4 Å². The van der Waals surface area contributed by atoms with E-state index < -0.39 is 12.6 Å². The third-order valence-electron chi connectivity index (χ3n) is 5.30. The van der Waals surface area contributed by atoms with E-state index in [9.17, 15) is 18.0 Å². The predicted octanol–water partition coefficient (Wildman–Crippen LogP) is 5.31. The van der Waals surface area contributed by atoms with Gasteiger partial charge >= 0.3 is 6.18 Å². The maximum absolute atomic E-state index is 12.6. The van der Waals surface area contributed by atoms with E-state index in [1.807, 2.05) is 24.3 Å². The highest BCUT2D eigenvalue weighted by atomic mass is 19.4. The Morgan fingerprint density at radius 1 is 1.06 bits per heavy atom. The summed E-state index contributed by atoms with van der Waals surface area (Å²) in [7, 11) is 0. The zero-order chi connectivity index (χ0) is 24.4. The highest BCUT2D eigenvalue weighted by Gasteiger charge is 2.24. The van der Waals surface area contributed by atoms with Crippen LogP contribution in [-0.4, -0.2) is 48.5 Å². The molecule has 1 saturated heterocycles. The number of ether oxygens (including phenoxy) is 2. The van der Waals surface area contributed by atoms with Gasteiger partial charge in [0.2, 0.25) is 0 Å². The molecule has 1 fully saturated rings. The van der Waals surface area contributed by atoms with Crippen LogP contribution in [0.4, 0.5) is 13.2 Å². The second-order valence-electron chi connectivity index (χ2n) is 7.95. The van der Waals surface area contributed by atoms with E-state index in [4.69, 9.17) is 9.47 Å². The number of alkyl halides is 3. The number of hydrogen-bond donors (Lipinski definition) is 0. The zero-order valence-electron chi connectivity index (χ0n) is 19.0. The van der Waals surface area contributed by atoms with Gasteiger partial charge in [-0.2, -0.15) is 13.2 Å². The molecule has 0 aliphatic carbocycles. The van der Waals surface area contributed by atoms with Gasteiger partial charge in [-0.15, -0.1) is 0 Å². The molecule has 1 aromatic carbocycles. The van der Waals surface area contributed by atoms with Crippen molar-refractivity contribution >= 4 is 0 Å². The maximum Gasteiger partial charge on any atom is 0.392 e. The molecule has 0 atom stereocenters. The van der Waals surface area contributed by atoms with Gasteiger partial charge in [-0.25, -0.2) is 0 Å². The molecule has 0 saturated carbocycles. The lowest BCUT2D eigenvalue weighted by Gasteiger charge is -2.15. The summed E-state index contributed by atoms with van der Waals surface area (Å²) < 4.78 is 49.9. The first-order chi connectivity index (χ1) is 16.3. The Morgan fingerprint density at radius 3 is 2.44 bits per heavy atom. The van der Waals surface area contributed by atoms with Crippen molar-refractivity contribution < 1.29 is 22.6 Å². The number of allylic oxidation sites excluding steroid dienone is 3. The van der Waals surface area contributed by atoms with Gasteiger partial charge in [-0.05, 0) is 61.8 Å². The van der Waals surface area contributed by atoms with Crippen molar-refractivity contribution in [2.75, 3.05) is 32.8 Å². The number of rotatable bonds is 11. The van der Waals surface area contributed by atoms with Crippen LogP contribution in [0.25, 0.3) is 5.69 Å². The number of benzene rings is 1. The monoisotopic (exact) mass is 474 g/mol. The Labute approximate surface area is 197 Å². The van der Waals surface area contributed by atoms with E-state index in [1.54, 1.807) is 18.3 Å². The van der Waals surface area contributed by atoms with Crippen LogP contribution < -0.4 is 15.0 Å². The number of likely N-dealkylation sites (tertiary alicyclic amines) is 1. The molecule has 1 aliphatic heterocycles. The summed E-state index contributed by atoms with van der Waals surface area (Å²) in [5.74, 6) is 1.07. The molecular formula is C26H29F3N2O3. The summed E-state index contributed by atoms with van der Waals surface area (Å²) in [6.07, 6.45) is 4.19. The third-order valence-corrected chi connectivity index (χ3v) is 5.30. The van der Waals surface area contributed by atoms with Crippen LogP contribution in [0.3, 0.4) is 0 Å².